The van der Waals surface area contributed by atoms with Crippen LogP contribution in [0.3, 0.4) is 0 Å². The minimum Gasteiger partial charge on any atom is -0.490 e. The summed E-state index contributed by atoms with van der Waals surface area (Å²) < 4.78 is 16.2. The summed E-state index contributed by atoms with van der Waals surface area (Å²) in [5.41, 5.74) is 3.49. The van der Waals surface area contributed by atoms with Gasteiger partial charge in [0.2, 0.25) is 0 Å². The van der Waals surface area contributed by atoms with Gasteiger partial charge in [0.1, 0.15) is 5.57 Å². The Bertz CT molecular complexity index is 1050. The van der Waals surface area contributed by atoms with Gasteiger partial charge in [0.25, 0.3) is 11.8 Å². The van der Waals surface area contributed by atoms with Crippen LogP contribution in [0, 0.1) is 0 Å². The molecular weight excluding hydrogens is 436 g/mol. The van der Waals surface area contributed by atoms with Crippen molar-refractivity contribution in [1.82, 2.24) is 5.43 Å². The molecule has 2 aromatic carbocycles. The third-order valence-corrected chi connectivity index (χ3v) is 4.53. The topological polar surface area (TPSA) is 94.2 Å². The number of anilines is 1. The number of carbonyl (C=O) groups excluding carboxylic acids is 3. The highest BCUT2D eigenvalue weighted by molar-refractivity contribution is 6.33. The molecule has 1 N–H and O–H groups in total. The van der Waals surface area contributed by atoms with Gasteiger partial charge >= 0.3 is 5.97 Å². The third kappa shape index (κ3) is 5.39. The number of benzene rings is 2. The van der Waals surface area contributed by atoms with Crippen LogP contribution in [0.15, 0.2) is 48.0 Å². The first-order chi connectivity index (χ1) is 15.3. The molecule has 9 heteroatoms. The number of nitrogens with zero attached hydrogens (tertiary/aromatic N) is 1. The number of hydrogen-bond donors (Lipinski definition) is 1. The van der Waals surface area contributed by atoms with Gasteiger partial charge < -0.3 is 14.2 Å². The zero-order valence-electron chi connectivity index (χ0n) is 17.9. The number of amides is 2. The Balaban J connectivity index is 1.86. The molecule has 8 nitrogen and oxygen atoms in total. The summed E-state index contributed by atoms with van der Waals surface area (Å²) in [6, 6.07) is 11.9. The van der Waals surface area contributed by atoms with Crippen LogP contribution < -0.4 is 19.9 Å². The molecule has 2 aromatic rings. The van der Waals surface area contributed by atoms with Crippen LogP contribution in [0.2, 0.25) is 5.02 Å². The summed E-state index contributed by atoms with van der Waals surface area (Å²) in [7, 11) is 0. The second-order valence-corrected chi connectivity index (χ2v) is 7.47. The van der Waals surface area contributed by atoms with Gasteiger partial charge in [0.15, 0.2) is 18.1 Å². The highest BCUT2D eigenvalue weighted by atomic mass is 35.5. The lowest BCUT2D eigenvalue weighted by Crippen LogP contribution is -2.35. The summed E-state index contributed by atoms with van der Waals surface area (Å²) >= 11 is 6.36. The fourth-order valence-electron chi connectivity index (χ4n) is 2.99. The summed E-state index contributed by atoms with van der Waals surface area (Å²) in [5, 5.41) is 1.34. The Hall–Kier alpha value is -3.52. The van der Waals surface area contributed by atoms with Crippen molar-refractivity contribution in [1.29, 1.82) is 0 Å². The van der Waals surface area contributed by atoms with Gasteiger partial charge in [0.05, 0.1) is 23.4 Å². The van der Waals surface area contributed by atoms with Crippen molar-refractivity contribution in [2.24, 2.45) is 0 Å². The number of para-hydroxylation sites is 1. The van der Waals surface area contributed by atoms with Gasteiger partial charge in [-0.05, 0) is 56.7 Å². The number of ether oxygens (including phenoxy) is 3. The summed E-state index contributed by atoms with van der Waals surface area (Å²) in [5.74, 6) is -1.13. The van der Waals surface area contributed by atoms with Crippen LogP contribution >= 0.6 is 11.6 Å². The van der Waals surface area contributed by atoms with Crippen molar-refractivity contribution in [3.63, 3.8) is 0 Å². The van der Waals surface area contributed by atoms with Crippen molar-refractivity contribution < 1.29 is 28.6 Å². The predicted octanol–water partition coefficient (Wildman–Crippen LogP) is 3.53. The van der Waals surface area contributed by atoms with E-state index in [0.29, 0.717) is 17.9 Å². The lowest BCUT2D eigenvalue weighted by Gasteiger charge is -2.15. The molecule has 1 fully saturated rings. The quantitative estimate of drug-likeness (QED) is 0.369. The Morgan fingerprint density at radius 3 is 2.53 bits per heavy atom. The van der Waals surface area contributed by atoms with Crippen LogP contribution in [0.5, 0.6) is 11.5 Å². The zero-order chi connectivity index (χ0) is 23.3. The van der Waals surface area contributed by atoms with E-state index < -0.39 is 17.8 Å². The maximum absolute atomic E-state index is 12.8. The predicted molar refractivity (Wildman–Crippen MR) is 119 cm³/mol. The van der Waals surface area contributed by atoms with Crippen molar-refractivity contribution >= 4 is 41.1 Å². The average molecular weight is 459 g/mol. The Morgan fingerprint density at radius 2 is 1.88 bits per heavy atom. The molecule has 1 aliphatic rings. The molecule has 2 amide bonds. The SMILES string of the molecule is CCOc1cc(C=C2C(=O)NN(c3ccccc3)C2=O)cc(Cl)c1OCC(=O)OC(C)C. The Kier molecular flexibility index (Phi) is 7.37. The van der Waals surface area contributed by atoms with E-state index in [0.717, 1.165) is 0 Å². The average Bonchev–Trinajstić information content (AvgIpc) is 3.02. The minimum absolute atomic E-state index is 0.0541. The fourth-order valence-corrected chi connectivity index (χ4v) is 3.26. The molecule has 168 valence electrons. The maximum Gasteiger partial charge on any atom is 0.344 e. The Morgan fingerprint density at radius 1 is 1.16 bits per heavy atom. The normalized spacial score (nSPS) is 14.7. The van der Waals surface area contributed by atoms with Gasteiger partial charge in [-0.1, -0.05) is 29.8 Å². The van der Waals surface area contributed by atoms with E-state index in [1.54, 1.807) is 51.1 Å². The number of rotatable bonds is 8. The van der Waals surface area contributed by atoms with Crippen molar-refractivity contribution in [3.05, 3.63) is 58.6 Å². The largest absolute Gasteiger partial charge is 0.490 e. The second-order valence-electron chi connectivity index (χ2n) is 7.07. The van der Waals surface area contributed by atoms with Crippen LogP contribution in [0.1, 0.15) is 26.3 Å². The number of carbonyl (C=O) groups is 3. The van der Waals surface area contributed by atoms with E-state index in [2.05, 4.69) is 5.43 Å². The van der Waals surface area contributed by atoms with E-state index >= 15 is 0 Å². The molecule has 0 atom stereocenters. The molecule has 1 aliphatic heterocycles. The van der Waals surface area contributed by atoms with Gasteiger partial charge in [0, 0.05) is 0 Å². The first kappa shape index (κ1) is 23.1. The van der Waals surface area contributed by atoms with E-state index in [1.807, 2.05) is 6.07 Å². The van der Waals surface area contributed by atoms with Crippen LogP contribution in [0.4, 0.5) is 5.69 Å². The summed E-state index contributed by atoms with van der Waals surface area (Å²) in [4.78, 5) is 37.0. The molecule has 32 heavy (non-hydrogen) atoms. The third-order valence-electron chi connectivity index (χ3n) is 4.25. The summed E-state index contributed by atoms with van der Waals surface area (Å²) in [6.45, 7) is 5.22. The number of hydrazine groups is 1. The van der Waals surface area contributed by atoms with Crippen LogP contribution in [-0.2, 0) is 19.1 Å². The highest BCUT2D eigenvalue weighted by Gasteiger charge is 2.34. The molecule has 0 aromatic heterocycles. The van der Waals surface area contributed by atoms with Crippen molar-refractivity contribution in [2.75, 3.05) is 18.2 Å². The highest BCUT2D eigenvalue weighted by Crippen LogP contribution is 2.37. The molecule has 0 spiro atoms. The fraction of sp³-hybridized carbons (Fsp3) is 0.261. The monoisotopic (exact) mass is 458 g/mol. The standard InChI is InChI=1S/C23H23ClN2O6/c1-4-30-19-12-15(11-18(24)21(19)31-13-20(27)32-14(2)3)10-17-22(28)25-26(23(17)29)16-8-6-5-7-9-16/h5-12,14H,4,13H2,1-3H3,(H,25,28). The number of halogens is 1. The van der Waals surface area contributed by atoms with Gasteiger partial charge in [-0.15, -0.1) is 0 Å². The summed E-state index contributed by atoms with van der Waals surface area (Å²) in [6.07, 6.45) is 1.15. The maximum atomic E-state index is 12.8. The van der Waals surface area contributed by atoms with E-state index in [9.17, 15) is 14.4 Å². The lowest BCUT2D eigenvalue weighted by atomic mass is 10.1. The molecular formula is C23H23ClN2O6. The minimum atomic E-state index is -0.543. The van der Waals surface area contributed by atoms with E-state index in [-0.39, 0.29) is 34.8 Å². The molecule has 0 saturated carbocycles. The molecule has 0 bridgehead atoms. The zero-order valence-corrected chi connectivity index (χ0v) is 18.6. The van der Waals surface area contributed by atoms with E-state index in [1.165, 1.54) is 17.2 Å². The Labute approximate surface area is 190 Å². The molecule has 3 rings (SSSR count). The van der Waals surface area contributed by atoms with E-state index in [4.69, 9.17) is 25.8 Å². The van der Waals surface area contributed by atoms with Crippen LogP contribution in [0.25, 0.3) is 6.08 Å². The number of esters is 1. The number of hydrogen-bond acceptors (Lipinski definition) is 6. The van der Waals surface area contributed by atoms with Gasteiger partial charge in [-0.25, -0.2) is 9.80 Å². The van der Waals surface area contributed by atoms with Crippen LogP contribution in [-0.4, -0.2) is 37.1 Å². The lowest BCUT2D eigenvalue weighted by molar-refractivity contribution is -0.149. The molecule has 1 heterocycles. The first-order valence-electron chi connectivity index (χ1n) is 10.0. The van der Waals surface area contributed by atoms with Crippen molar-refractivity contribution in [3.8, 4) is 11.5 Å². The molecule has 1 saturated heterocycles. The number of nitrogens with one attached hydrogen (secondary N) is 1. The molecule has 0 unspecified atom stereocenters. The molecule has 0 radical (unpaired) electrons. The van der Waals surface area contributed by atoms with Crippen molar-refractivity contribution in [2.45, 2.75) is 26.9 Å². The second kappa shape index (κ2) is 10.2. The first-order valence-corrected chi connectivity index (χ1v) is 10.4. The van der Waals surface area contributed by atoms with Gasteiger partial charge in [-0.2, -0.15) is 0 Å². The smallest absolute Gasteiger partial charge is 0.344 e. The molecule has 0 aliphatic carbocycles. The van der Waals surface area contributed by atoms with Gasteiger partial charge in [-0.3, -0.25) is 15.0 Å².